The number of allylic oxidation sites excluding steroid dienone is 1. The maximum Gasteiger partial charge on any atom is 0.331 e. The van der Waals surface area contributed by atoms with Gasteiger partial charge in [0.1, 0.15) is 11.6 Å². The first-order valence-corrected chi connectivity index (χ1v) is 16.5. The van der Waals surface area contributed by atoms with Gasteiger partial charge in [0.05, 0.1) is 23.3 Å². The normalized spacial score (nSPS) is 14.1. The molecule has 0 saturated carbocycles. The van der Waals surface area contributed by atoms with E-state index in [0.717, 1.165) is 69.2 Å². The maximum absolute atomic E-state index is 14.9. The second kappa shape index (κ2) is 15.0. The lowest BCUT2D eigenvalue weighted by Crippen LogP contribution is -2.41. The first-order chi connectivity index (χ1) is 24.0. The van der Waals surface area contributed by atoms with Crippen LogP contribution in [0.25, 0.3) is 17.0 Å². The third-order valence-corrected chi connectivity index (χ3v) is 8.93. The highest BCUT2D eigenvalue weighted by Crippen LogP contribution is 2.22. The van der Waals surface area contributed by atoms with Gasteiger partial charge in [-0.2, -0.15) is 0 Å². The van der Waals surface area contributed by atoms with E-state index in [1.807, 2.05) is 36.4 Å². The van der Waals surface area contributed by atoms with Gasteiger partial charge < -0.3 is 14.8 Å². The van der Waals surface area contributed by atoms with Crippen molar-refractivity contribution in [3.63, 3.8) is 0 Å². The van der Waals surface area contributed by atoms with Crippen molar-refractivity contribution in [3.8, 4) is 0 Å². The van der Waals surface area contributed by atoms with Gasteiger partial charge in [-0.1, -0.05) is 30.4 Å². The molecule has 0 unspecified atom stereocenters. The summed E-state index contributed by atoms with van der Waals surface area (Å²) in [6.07, 6.45) is 9.31. The summed E-state index contributed by atoms with van der Waals surface area (Å²) in [5, 5.41) is 4.16. The van der Waals surface area contributed by atoms with E-state index in [1.165, 1.54) is 25.4 Å². The molecule has 3 heterocycles. The fourth-order valence-electron chi connectivity index (χ4n) is 6.07. The zero-order chi connectivity index (χ0) is 35.4. The molecule has 5 aromatic rings. The summed E-state index contributed by atoms with van der Waals surface area (Å²) in [4.78, 5) is 50.1. The molecule has 0 amide bonds. The van der Waals surface area contributed by atoms with Crippen LogP contribution in [-0.4, -0.2) is 56.0 Å². The molecule has 258 valence electrons. The largest absolute Gasteiger partial charge is 0.380 e. The third-order valence-electron chi connectivity index (χ3n) is 8.93. The molecule has 6 rings (SSSR count). The number of hydrogen-bond donors (Lipinski definition) is 1. The van der Waals surface area contributed by atoms with E-state index in [9.17, 15) is 27.6 Å². The maximum atomic E-state index is 14.9. The molecule has 1 aliphatic heterocycles. The fraction of sp³-hybridized carbons (Fsp3) is 0.289. The number of rotatable bonds is 11. The van der Waals surface area contributed by atoms with Crippen molar-refractivity contribution < 1.29 is 18.0 Å². The van der Waals surface area contributed by atoms with Gasteiger partial charge in [0.15, 0.2) is 17.4 Å². The number of Topliss-reactive ketones (excluding diaryl/α,β-unsaturated/α-hetero) is 1. The Morgan fingerprint density at radius 2 is 1.70 bits per heavy atom. The van der Waals surface area contributed by atoms with Crippen LogP contribution in [0.15, 0.2) is 82.7 Å². The molecule has 0 aliphatic carbocycles. The summed E-state index contributed by atoms with van der Waals surface area (Å²) < 4.78 is 43.9. The number of hydrogen-bond acceptors (Lipinski definition) is 7. The van der Waals surface area contributed by atoms with Crippen molar-refractivity contribution in [2.45, 2.75) is 44.7 Å². The van der Waals surface area contributed by atoms with E-state index in [4.69, 9.17) is 0 Å². The van der Waals surface area contributed by atoms with Crippen LogP contribution < -0.4 is 16.6 Å². The molecule has 9 nitrogen and oxygen atoms in total. The molecule has 2 aromatic heterocycles. The number of piperidine rings is 1. The Balaban J connectivity index is 1.06. The quantitative estimate of drug-likeness (QED) is 0.178. The van der Waals surface area contributed by atoms with Gasteiger partial charge >= 0.3 is 5.69 Å². The highest BCUT2D eigenvalue weighted by Gasteiger charge is 2.19. The fourth-order valence-corrected chi connectivity index (χ4v) is 6.07. The second-order valence-electron chi connectivity index (χ2n) is 12.8. The van der Waals surface area contributed by atoms with Gasteiger partial charge in [-0.15, -0.1) is 0 Å². The molecular weight excluding hydrogens is 645 g/mol. The van der Waals surface area contributed by atoms with E-state index in [2.05, 4.69) is 27.2 Å². The van der Waals surface area contributed by atoms with Gasteiger partial charge in [-0.3, -0.25) is 14.2 Å². The summed E-state index contributed by atoms with van der Waals surface area (Å²) in [7, 11) is 3.51. The molecule has 0 spiro atoms. The van der Waals surface area contributed by atoms with Crippen molar-refractivity contribution >= 4 is 28.4 Å². The zero-order valence-corrected chi connectivity index (χ0v) is 27.8. The predicted octanol–water partition coefficient (Wildman–Crippen LogP) is 5.73. The monoisotopic (exact) mass is 682 g/mol. The Morgan fingerprint density at radius 1 is 0.940 bits per heavy atom. The van der Waals surface area contributed by atoms with Gasteiger partial charge in [0.2, 0.25) is 0 Å². The van der Waals surface area contributed by atoms with E-state index in [-0.39, 0.29) is 36.0 Å². The molecule has 12 heteroatoms. The van der Waals surface area contributed by atoms with Gasteiger partial charge in [0, 0.05) is 43.7 Å². The average Bonchev–Trinajstić information content (AvgIpc) is 3.10. The number of aryl methyl sites for hydroxylation is 1. The third kappa shape index (κ3) is 8.08. The van der Waals surface area contributed by atoms with Crippen LogP contribution in [0, 0.1) is 17.5 Å². The number of fused-ring (bicyclic) bond motifs is 1. The van der Waals surface area contributed by atoms with Gasteiger partial charge in [0.25, 0.3) is 5.56 Å². The minimum Gasteiger partial charge on any atom is -0.380 e. The lowest BCUT2D eigenvalue weighted by atomic mass is 10.0. The van der Waals surface area contributed by atoms with Crippen molar-refractivity contribution in [1.82, 2.24) is 24.0 Å². The van der Waals surface area contributed by atoms with Gasteiger partial charge in [-0.05, 0) is 92.5 Å². The number of ketones is 1. The first-order valence-electron chi connectivity index (χ1n) is 16.5. The number of benzene rings is 3. The minimum absolute atomic E-state index is 0.0188. The van der Waals surface area contributed by atoms with Crippen LogP contribution in [0.5, 0.6) is 0 Å². The average molecular weight is 683 g/mol. The molecular formula is C38H37F3N6O3. The minimum atomic E-state index is -1.10. The van der Waals surface area contributed by atoms with Crippen LogP contribution in [-0.2, 0) is 20.0 Å². The zero-order valence-electron chi connectivity index (χ0n) is 27.8. The predicted molar refractivity (Wildman–Crippen MR) is 187 cm³/mol. The van der Waals surface area contributed by atoms with Gasteiger partial charge in [-0.25, -0.2) is 27.9 Å². The lowest BCUT2D eigenvalue weighted by Gasteiger charge is -2.30. The molecule has 0 atom stereocenters. The topological polar surface area (TPSA) is 102 Å². The molecule has 1 N–H and O–H groups in total. The number of halogens is 3. The van der Waals surface area contributed by atoms with E-state index < -0.39 is 28.7 Å². The van der Waals surface area contributed by atoms with Crippen molar-refractivity contribution in [1.29, 1.82) is 0 Å². The van der Waals surface area contributed by atoms with E-state index in [0.29, 0.717) is 24.4 Å². The van der Waals surface area contributed by atoms with E-state index in [1.54, 1.807) is 12.3 Å². The van der Waals surface area contributed by atoms with E-state index >= 15 is 0 Å². The summed E-state index contributed by atoms with van der Waals surface area (Å²) in [6.45, 7) is 1.68. The summed E-state index contributed by atoms with van der Waals surface area (Å²) in [6, 6.07) is 14.3. The standard InChI is InChI=1S/C38H37F3N6O3/c1-45-15-13-28(14-16-45)43-34-12-9-25(18-32(34)41)20-36-42-21-27-17-24(8-11-33(27)44-36)5-3-4-6-35(48)29-23-46(2)38(50)47(37(29)49)22-26-7-10-30(39)31(40)19-26/h3,5,7-12,17-19,21,23,28,43H,4,6,13-16,20,22H2,1-2H3/b5-3+. The summed E-state index contributed by atoms with van der Waals surface area (Å²) in [5.41, 5.74) is 1.49. The molecule has 1 fully saturated rings. The SMILES string of the molecule is CN1CCC(Nc2ccc(Cc3ncc4cc(/C=C/CCC(=O)c5cn(C)c(=O)n(Cc6ccc(F)c(F)c6)c5=O)ccc4n3)cc2F)CC1. The van der Waals surface area contributed by atoms with Crippen molar-refractivity contribution in [2.75, 3.05) is 25.5 Å². The lowest BCUT2D eigenvalue weighted by molar-refractivity contribution is 0.0980. The molecule has 1 aliphatic rings. The number of carbonyl (C=O) groups excluding carboxylic acids is 1. The second-order valence-corrected chi connectivity index (χ2v) is 12.8. The highest BCUT2D eigenvalue weighted by molar-refractivity contribution is 5.95. The Kier molecular flexibility index (Phi) is 10.4. The Bertz CT molecular complexity index is 2210. The van der Waals surface area contributed by atoms with Crippen LogP contribution in [0.3, 0.4) is 0 Å². The van der Waals surface area contributed by atoms with Crippen LogP contribution in [0.2, 0.25) is 0 Å². The Hall–Kier alpha value is -5.36. The molecule has 3 aromatic carbocycles. The number of carbonyl (C=O) groups is 1. The summed E-state index contributed by atoms with van der Waals surface area (Å²) in [5.74, 6) is -2.29. The smallest absolute Gasteiger partial charge is 0.331 e. The van der Waals surface area contributed by atoms with Crippen LogP contribution in [0.1, 0.15) is 58.6 Å². The number of anilines is 1. The molecule has 0 bridgehead atoms. The highest BCUT2D eigenvalue weighted by atomic mass is 19.2. The summed E-state index contributed by atoms with van der Waals surface area (Å²) >= 11 is 0. The molecule has 50 heavy (non-hydrogen) atoms. The van der Waals surface area contributed by atoms with Crippen LogP contribution >= 0.6 is 0 Å². The first kappa shape index (κ1) is 34.5. The number of likely N-dealkylation sites (tertiary alicyclic amines) is 1. The van der Waals surface area contributed by atoms with Crippen molar-refractivity contribution in [3.05, 3.63) is 139 Å². The molecule has 0 radical (unpaired) electrons. The molecule has 1 saturated heterocycles. The number of nitrogens with zero attached hydrogens (tertiary/aromatic N) is 5. The van der Waals surface area contributed by atoms with Crippen LogP contribution in [0.4, 0.5) is 18.9 Å². The Morgan fingerprint density at radius 3 is 2.46 bits per heavy atom. The number of nitrogens with one attached hydrogen (secondary N) is 1. The van der Waals surface area contributed by atoms with Crippen molar-refractivity contribution in [2.24, 2.45) is 7.05 Å². The Labute approximate surface area is 286 Å². The number of aromatic nitrogens is 4.